The minimum atomic E-state index is -0.0584. The third-order valence-corrected chi connectivity index (χ3v) is 6.07. The highest BCUT2D eigenvalue weighted by molar-refractivity contribution is 7.99. The lowest BCUT2D eigenvalue weighted by Gasteiger charge is -2.21. The minimum absolute atomic E-state index is 0.0584. The number of anilines is 2. The van der Waals surface area contributed by atoms with Gasteiger partial charge >= 0.3 is 0 Å². The topological polar surface area (TPSA) is 63.1 Å². The zero-order chi connectivity index (χ0) is 21.5. The van der Waals surface area contributed by atoms with Gasteiger partial charge in [-0.3, -0.25) is 9.36 Å². The van der Waals surface area contributed by atoms with Crippen molar-refractivity contribution in [1.29, 1.82) is 0 Å². The lowest BCUT2D eigenvalue weighted by atomic mass is 10.2. The number of carbonyl (C=O) groups is 1. The molecule has 0 aliphatic carbocycles. The Morgan fingerprint density at radius 3 is 2.50 bits per heavy atom. The molecule has 7 heteroatoms. The highest BCUT2D eigenvalue weighted by Gasteiger charge is 2.19. The van der Waals surface area contributed by atoms with Crippen molar-refractivity contribution in [2.24, 2.45) is 0 Å². The molecule has 1 N–H and O–H groups in total. The Kier molecular flexibility index (Phi) is 7.52. The first-order valence-electron chi connectivity index (χ1n) is 10.3. The van der Waals surface area contributed by atoms with Crippen LogP contribution in [0.1, 0.15) is 33.2 Å². The summed E-state index contributed by atoms with van der Waals surface area (Å²) in [5, 5.41) is 12.6. The molecule has 30 heavy (non-hydrogen) atoms. The summed E-state index contributed by atoms with van der Waals surface area (Å²) in [6.45, 7) is 7.24. The van der Waals surface area contributed by atoms with E-state index in [1.165, 1.54) is 11.8 Å². The molecular weight excluding hydrogens is 394 g/mol. The van der Waals surface area contributed by atoms with E-state index in [-0.39, 0.29) is 17.7 Å². The summed E-state index contributed by atoms with van der Waals surface area (Å²) in [5.74, 6) is 1.05. The first-order chi connectivity index (χ1) is 14.5. The third-order valence-electron chi connectivity index (χ3n) is 5.12. The van der Waals surface area contributed by atoms with E-state index in [9.17, 15) is 4.79 Å². The fourth-order valence-electron chi connectivity index (χ4n) is 3.14. The van der Waals surface area contributed by atoms with Gasteiger partial charge in [0, 0.05) is 25.2 Å². The van der Waals surface area contributed by atoms with Gasteiger partial charge in [0.05, 0.1) is 17.1 Å². The van der Waals surface area contributed by atoms with Crippen molar-refractivity contribution in [3.8, 4) is 11.4 Å². The molecule has 0 fully saturated rings. The van der Waals surface area contributed by atoms with Gasteiger partial charge in [-0.2, -0.15) is 0 Å². The standard InChI is InChI=1S/C23H29N5OS/c1-5-17(3)28-22(18-12-8-7-9-13-18)25-26-23(28)30-16-21(29)24-19-14-10-11-15-20(19)27(4)6-2/h7-15,17H,5-6,16H2,1-4H3,(H,24,29). The fourth-order valence-corrected chi connectivity index (χ4v) is 3.97. The molecule has 0 aliphatic rings. The van der Waals surface area contributed by atoms with Crippen LogP contribution >= 0.6 is 11.8 Å². The van der Waals surface area contributed by atoms with Crippen LogP contribution in [0.5, 0.6) is 0 Å². The number of aromatic nitrogens is 3. The van der Waals surface area contributed by atoms with E-state index in [1.807, 2.05) is 61.6 Å². The van der Waals surface area contributed by atoms with Gasteiger partial charge < -0.3 is 10.2 Å². The molecule has 1 heterocycles. The molecule has 1 atom stereocenters. The molecule has 0 spiro atoms. The molecule has 0 radical (unpaired) electrons. The molecule has 3 rings (SSSR count). The van der Waals surface area contributed by atoms with Gasteiger partial charge in [0.15, 0.2) is 11.0 Å². The molecule has 0 aliphatic heterocycles. The van der Waals surface area contributed by atoms with E-state index < -0.39 is 0 Å². The molecule has 6 nitrogen and oxygen atoms in total. The van der Waals surface area contributed by atoms with Crippen molar-refractivity contribution >= 4 is 29.0 Å². The van der Waals surface area contributed by atoms with Gasteiger partial charge in [-0.05, 0) is 32.4 Å². The van der Waals surface area contributed by atoms with Gasteiger partial charge in [-0.25, -0.2) is 0 Å². The van der Waals surface area contributed by atoms with E-state index in [1.54, 1.807) is 0 Å². The van der Waals surface area contributed by atoms with E-state index in [4.69, 9.17) is 0 Å². The molecular formula is C23H29N5OS. The molecule has 158 valence electrons. The molecule has 0 saturated heterocycles. The van der Waals surface area contributed by atoms with Crippen molar-refractivity contribution in [2.45, 2.75) is 38.4 Å². The number of hydrogen-bond acceptors (Lipinski definition) is 5. The number of thioether (sulfide) groups is 1. The second-order valence-electron chi connectivity index (χ2n) is 7.17. The maximum atomic E-state index is 12.7. The Morgan fingerprint density at radius 2 is 1.80 bits per heavy atom. The van der Waals surface area contributed by atoms with E-state index >= 15 is 0 Å². The molecule has 3 aromatic rings. The summed E-state index contributed by atoms with van der Waals surface area (Å²) in [4.78, 5) is 14.8. The van der Waals surface area contributed by atoms with Crippen LogP contribution in [0, 0.1) is 0 Å². The van der Waals surface area contributed by atoms with E-state index in [0.29, 0.717) is 0 Å². The fraction of sp³-hybridized carbons (Fsp3) is 0.348. The molecule has 1 unspecified atom stereocenters. The first-order valence-corrected chi connectivity index (χ1v) is 11.3. The SMILES string of the molecule is CCC(C)n1c(SCC(=O)Nc2ccccc2N(C)CC)nnc1-c1ccccc1. The second kappa shape index (κ2) is 10.3. The van der Waals surface area contributed by atoms with Crippen molar-refractivity contribution in [2.75, 3.05) is 29.6 Å². The van der Waals surface area contributed by atoms with Crippen LogP contribution in [-0.4, -0.2) is 40.0 Å². The van der Waals surface area contributed by atoms with Crippen LogP contribution in [-0.2, 0) is 4.79 Å². The molecule has 1 amide bonds. The van der Waals surface area contributed by atoms with Crippen LogP contribution < -0.4 is 10.2 Å². The quantitative estimate of drug-likeness (QED) is 0.485. The van der Waals surface area contributed by atoms with Gasteiger partial charge in [0.25, 0.3) is 0 Å². The average Bonchev–Trinajstić information content (AvgIpc) is 3.21. The summed E-state index contributed by atoms with van der Waals surface area (Å²) in [6, 6.07) is 18.1. The van der Waals surface area contributed by atoms with Crippen LogP contribution in [0.2, 0.25) is 0 Å². The van der Waals surface area contributed by atoms with Crippen LogP contribution in [0.25, 0.3) is 11.4 Å². The number of rotatable bonds is 9. The Morgan fingerprint density at radius 1 is 1.10 bits per heavy atom. The van der Waals surface area contributed by atoms with Gasteiger partial charge in [0.2, 0.25) is 5.91 Å². The first kappa shape index (κ1) is 21.9. The summed E-state index contributed by atoms with van der Waals surface area (Å²) in [7, 11) is 2.01. The molecule has 0 bridgehead atoms. The zero-order valence-electron chi connectivity index (χ0n) is 18.0. The number of carbonyl (C=O) groups excluding carboxylic acids is 1. The molecule has 2 aromatic carbocycles. The van der Waals surface area contributed by atoms with Crippen molar-refractivity contribution < 1.29 is 4.79 Å². The van der Waals surface area contributed by atoms with Crippen LogP contribution in [0.4, 0.5) is 11.4 Å². The number of nitrogens with zero attached hydrogens (tertiary/aromatic N) is 4. The highest BCUT2D eigenvalue weighted by Crippen LogP contribution is 2.29. The smallest absolute Gasteiger partial charge is 0.234 e. The summed E-state index contributed by atoms with van der Waals surface area (Å²) >= 11 is 1.42. The summed E-state index contributed by atoms with van der Waals surface area (Å²) in [5.41, 5.74) is 2.85. The monoisotopic (exact) mass is 423 g/mol. The van der Waals surface area contributed by atoms with Crippen molar-refractivity contribution in [3.05, 3.63) is 54.6 Å². The number of hydrogen-bond donors (Lipinski definition) is 1. The third kappa shape index (κ3) is 5.02. The lowest BCUT2D eigenvalue weighted by molar-refractivity contribution is -0.113. The number of para-hydroxylation sites is 2. The lowest BCUT2D eigenvalue weighted by Crippen LogP contribution is -2.21. The maximum Gasteiger partial charge on any atom is 0.234 e. The maximum absolute atomic E-state index is 12.7. The van der Waals surface area contributed by atoms with Gasteiger partial charge in [-0.1, -0.05) is 61.2 Å². The zero-order valence-corrected chi connectivity index (χ0v) is 18.8. The summed E-state index contributed by atoms with van der Waals surface area (Å²) in [6.07, 6.45) is 0.953. The second-order valence-corrected chi connectivity index (χ2v) is 8.11. The molecule has 1 aromatic heterocycles. The normalized spacial score (nSPS) is 11.9. The van der Waals surface area contributed by atoms with Crippen LogP contribution in [0.15, 0.2) is 59.8 Å². The van der Waals surface area contributed by atoms with Gasteiger partial charge in [-0.15, -0.1) is 10.2 Å². The van der Waals surface area contributed by atoms with Crippen LogP contribution in [0.3, 0.4) is 0 Å². The average molecular weight is 424 g/mol. The molecule has 0 saturated carbocycles. The largest absolute Gasteiger partial charge is 0.373 e. The minimum Gasteiger partial charge on any atom is -0.373 e. The Hall–Kier alpha value is -2.80. The number of nitrogens with one attached hydrogen (secondary N) is 1. The van der Waals surface area contributed by atoms with Gasteiger partial charge in [0.1, 0.15) is 0 Å². The predicted octanol–water partition coefficient (Wildman–Crippen LogP) is 5.10. The highest BCUT2D eigenvalue weighted by atomic mass is 32.2. The predicted molar refractivity (Wildman–Crippen MR) is 125 cm³/mol. The van der Waals surface area contributed by atoms with Crippen molar-refractivity contribution in [1.82, 2.24) is 14.8 Å². The van der Waals surface area contributed by atoms with E-state index in [0.717, 1.165) is 40.9 Å². The Labute approximate surface area is 182 Å². The number of benzene rings is 2. The Balaban J connectivity index is 1.75. The van der Waals surface area contributed by atoms with Crippen molar-refractivity contribution in [3.63, 3.8) is 0 Å². The number of amides is 1. The Bertz CT molecular complexity index is 973. The van der Waals surface area contributed by atoms with E-state index in [2.05, 4.69) is 45.8 Å². The summed E-state index contributed by atoms with van der Waals surface area (Å²) < 4.78 is 2.13.